The minimum Gasteiger partial charge on any atom is -0.477 e. The largest absolute Gasteiger partial charge is 0.477 e. The normalized spacial score (nSPS) is 11.5. The fourth-order valence-electron chi connectivity index (χ4n) is 7.05. The Morgan fingerprint density at radius 2 is 1.36 bits per heavy atom. The SMILES string of the molecule is CC(C)(C)c1cc[c-]c(-c2nccn2-c2ccccc2)c1.[Ir].[c-]1c(-c2nccc3ccccc23)ccc2c1oc1ccc3cc4ccccc4cc3c12. The second-order valence-electron chi connectivity index (χ2n) is 14.2. The summed E-state index contributed by atoms with van der Waals surface area (Å²) in [6.45, 7) is 6.65. The minimum atomic E-state index is 0. The van der Waals surface area contributed by atoms with Crippen LogP contribution in [-0.2, 0) is 25.5 Å². The van der Waals surface area contributed by atoms with Crippen molar-refractivity contribution in [3.63, 3.8) is 0 Å². The molecule has 53 heavy (non-hydrogen) atoms. The van der Waals surface area contributed by atoms with Crippen LogP contribution in [0.2, 0.25) is 0 Å². The Morgan fingerprint density at radius 1 is 0.604 bits per heavy atom. The van der Waals surface area contributed by atoms with E-state index in [0.29, 0.717) is 0 Å². The molecule has 5 heteroatoms. The number of fused-ring (bicyclic) bond motifs is 7. The summed E-state index contributed by atoms with van der Waals surface area (Å²) in [6.07, 6.45) is 5.68. The van der Waals surface area contributed by atoms with E-state index in [1.807, 2.05) is 61.1 Å². The molecule has 0 N–H and O–H groups in total. The summed E-state index contributed by atoms with van der Waals surface area (Å²) >= 11 is 0. The molecule has 10 rings (SSSR count). The fourth-order valence-corrected chi connectivity index (χ4v) is 7.05. The van der Waals surface area contributed by atoms with Gasteiger partial charge in [-0.3, -0.25) is 4.98 Å². The Labute approximate surface area is 322 Å². The molecule has 0 amide bonds. The molecule has 0 aliphatic heterocycles. The van der Waals surface area contributed by atoms with E-state index in [1.54, 1.807) is 0 Å². The average molecular weight is 862 g/mol. The summed E-state index contributed by atoms with van der Waals surface area (Å²) in [7, 11) is 0. The zero-order valence-corrected chi connectivity index (χ0v) is 32.0. The summed E-state index contributed by atoms with van der Waals surface area (Å²) in [5.74, 6) is 0.923. The molecule has 3 heterocycles. The molecule has 0 aliphatic carbocycles. The molecule has 0 atom stereocenters. The molecular formula is C48H35IrN3O-2. The molecule has 0 saturated carbocycles. The predicted molar refractivity (Wildman–Crippen MR) is 215 cm³/mol. The average Bonchev–Trinajstić information content (AvgIpc) is 3.83. The molecule has 0 spiro atoms. The van der Waals surface area contributed by atoms with Crippen LogP contribution < -0.4 is 0 Å². The number of hydrogen-bond acceptors (Lipinski definition) is 3. The first-order valence-corrected chi connectivity index (χ1v) is 17.6. The Kier molecular flexibility index (Phi) is 9.00. The number of rotatable bonds is 3. The zero-order chi connectivity index (χ0) is 35.2. The summed E-state index contributed by atoms with van der Waals surface area (Å²) in [5.41, 5.74) is 7.07. The summed E-state index contributed by atoms with van der Waals surface area (Å²) in [4.78, 5) is 9.17. The van der Waals surface area contributed by atoms with E-state index in [2.05, 4.69) is 145 Å². The molecule has 4 nitrogen and oxygen atoms in total. The van der Waals surface area contributed by atoms with Gasteiger partial charge in [-0.1, -0.05) is 105 Å². The van der Waals surface area contributed by atoms with Crippen molar-refractivity contribution in [3.05, 3.63) is 176 Å². The standard InChI is InChI=1S/C29H16NO.C19H19N2.Ir/c1-2-7-20-16-25-21(15-19(20)6-1)10-12-26-28(25)24-11-9-22(17-27(24)31-26)29-23-8-4-3-5-18(23)13-14-30-29;1-19(2,3)16-9-7-8-15(14-16)18-20-12-13-21(18)17-10-5-4-6-11-17;/h1-16H;4-7,9-14H,1-3H3;/q2*-1;. The smallest absolute Gasteiger partial charge is 0.124 e. The van der Waals surface area contributed by atoms with Crippen LogP contribution in [0.25, 0.3) is 82.6 Å². The van der Waals surface area contributed by atoms with Crippen molar-refractivity contribution < 1.29 is 24.5 Å². The summed E-state index contributed by atoms with van der Waals surface area (Å²) in [5, 5.41) is 9.42. The van der Waals surface area contributed by atoms with Crippen molar-refractivity contribution in [3.8, 4) is 28.3 Å². The molecule has 0 unspecified atom stereocenters. The Morgan fingerprint density at radius 3 is 2.17 bits per heavy atom. The van der Waals surface area contributed by atoms with Crippen LogP contribution in [0.4, 0.5) is 0 Å². The van der Waals surface area contributed by atoms with Crippen LogP contribution in [0.15, 0.2) is 163 Å². The molecule has 10 aromatic rings. The second kappa shape index (κ2) is 13.9. The van der Waals surface area contributed by atoms with Crippen LogP contribution in [0.5, 0.6) is 0 Å². The maximum atomic E-state index is 6.26. The van der Waals surface area contributed by atoms with Gasteiger partial charge < -0.3 is 14.0 Å². The van der Waals surface area contributed by atoms with Gasteiger partial charge in [-0.25, -0.2) is 0 Å². The summed E-state index contributed by atoms with van der Waals surface area (Å²) in [6, 6.07) is 55.1. The van der Waals surface area contributed by atoms with Gasteiger partial charge in [0.05, 0.1) is 11.4 Å². The molecule has 0 bridgehead atoms. The van der Waals surface area contributed by atoms with Crippen molar-refractivity contribution >= 4 is 54.3 Å². The number of nitrogens with zero attached hydrogens (tertiary/aromatic N) is 3. The molecule has 1 radical (unpaired) electrons. The van der Waals surface area contributed by atoms with Crippen LogP contribution in [-0.4, -0.2) is 14.5 Å². The van der Waals surface area contributed by atoms with Gasteiger partial charge in [0, 0.05) is 44.4 Å². The topological polar surface area (TPSA) is 43.9 Å². The van der Waals surface area contributed by atoms with Crippen molar-refractivity contribution in [1.29, 1.82) is 0 Å². The molecule has 259 valence electrons. The Balaban J connectivity index is 0.000000160. The number of aromatic nitrogens is 3. The first-order chi connectivity index (χ1) is 25.4. The molecule has 7 aromatic carbocycles. The van der Waals surface area contributed by atoms with E-state index in [-0.39, 0.29) is 25.5 Å². The third-order valence-corrected chi connectivity index (χ3v) is 9.75. The van der Waals surface area contributed by atoms with Gasteiger partial charge >= 0.3 is 0 Å². The van der Waals surface area contributed by atoms with Gasteiger partial charge in [-0.15, -0.1) is 53.1 Å². The van der Waals surface area contributed by atoms with Gasteiger partial charge in [0.1, 0.15) is 5.58 Å². The van der Waals surface area contributed by atoms with E-state index >= 15 is 0 Å². The number of furan rings is 1. The van der Waals surface area contributed by atoms with Crippen LogP contribution >= 0.6 is 0 Å². The van der Waals surface area contributed by atoms with Gasteiger partial charge in [0.25, 0.3) is 0 Å². The van der Waals surface area contributed by atoms with Crippen LogP contribution in [0, 0.1) is 12.1 Å². The third kappa shape index (κ3) is 6.44. The van der Waals surface area contributed by atoms with E-state index in [1.165, 1.54) is 32.5 Å². The van der Waals surface area contributed by atoms with Gasteiger partial charge in [0.2, 0.25) is 0 Å². The minimum absolute atomic E-state index is 0. The predicted octanol–water partition coefficient (Wildman–Crippen LogP) is 12.5. The zero-order valence-electron chi connectivity index (χ0n) is 29.6. The van der Waals surface area contributed by atoms with Crippen molar-refractivity contribution in [2.45, 2.75) is 26.2 Å². The van der Waals surface area contributed by atoms with Gasteiger partial charge in [-0.2, -0.15) is 0 Å². The third-order valence-electron chi connectivity index (χ3n) is 9.75. The van der Waals surface area contributed by atoms with E-state index in [4.69, 9.17) is 4.42 Å². The number of para-hydroxylation sites is 1. The first kappa shape index (κ1) is 34.2. The summed E-state index contributed by atoms with van der Waals surface area (Å²) < 4.78 is 8.36. The van der Waals surface area contributed by atoms with Gasteiger partial charge in [-0.05, 0) is 85.2 Å². The number of imidazole rings is 1. The Hall–Kier alpha value is -5.87. The van der Waals surface area contributed by atoms with Crippen molar-refractivity contribution in [2.24, 2.45) is 0 Å². The number of hydrogen-bond donors (Lipinski definition) is 0. The monoisotopic (exact) mass is 862 g/mol. The van der Waals surface area contributed by atoms with Crippen LogP contribution in [0.1, 0.15) is 26.3 Å². The maximum absolute atomic E-state index is 6.26. The Bertz CT molecular complexity index is 2890. The van der Waals surface area contributed by atoms with E-state index in [9.17, 15) is 0 Å². The van der Waals surface area contributed by atoms with Crippen molar-refractivity contribution in [2.75, 3.05) is 0 Å². The molecule has 0 fully saturated rings. The molecule has 3 aromatic heterocycles. The van der Waals surface area contributed by atoms with Crippen molar-refractivity contribution in [1.82, 2.24) is 14.5 Å². The molecule has 0 aliphatic rings. The van der Waals surface area contributed by atoms with E-state index < -0.39 is 0 Å². The molecular weight excluding hydrogens is 827 g/mol. The second-order valence-corrected chi connectivity index (χ2v) is 14.2. The first-order valence-electron chi connectivity index (χ1n) is 17.6. The maximum Gasteiger partial charge on any atom is 0.124 e. The van der Waals surface area contributed by atoms with E-state index in [0.717, 1.165) is 55.7 Å². The number of benzene rings is 7. The van der Waals surface area contributed by atoms with Gasteiger partial charge in [0.15, 0.2) is 0 Å². The molecule has 0 saturated heterocycles. The fraction of sp³-hybridized carbons (Fsp3) is 0.0833. The van der Waals surface area contributed by atoms with Crippen LogP contribution in [0.3, 0.4) is 0 Å². The quantitative estimate of drug-likeness (QED) is 0.131. The number of pyridine rings is 1.